The predicted molar refractivity (Wildman–Crippen MR) is 68.4 cm³/mol. The van der Waals surface area contributed by atoms with Crippen molar-refractivity contribution in [2.45, 2.75) is 33.2 Å². The van der Waals surface area contributed by atoms with Crippen LogP contribution < -0.4 is 0 Å². The zero-order valence-electron chi connectivity index (χ0n) is 11.1. The zero-order valence-corrected chi connectivity index (χ0v) is 11.1. The summed E-state index contributed by atoms with van der Waals surface area (Å²) in [6.45, 7) is 6.18. The molecule has 1 atom stereocenters. The van der Waals surface area contributed by atoms with Gasteiger partial charge in [0.05, 0.1) is 5.69 Å². The number of nitrogens with zero attached hydrogens (tertiary/aromatic N) is 3. The molecule has 1 fully saturated rings. The minimum Gasteiger partial charge on any atom is -0.396 e. The number of hydrogen-bond donors (Lipinski definition) is 1. The maximum Gasteiger partial charge on any atom is 0.272 e. The van der Waals surface area contributed by atoms with Crippen LogP contribution in [0.3, 0.4) is 0 Å². The van der Waals surface area contributed by atoms with Crippen molar-refractivity contribution in [1.29, 1.82) is 0 Å². The number of carbonyl (C=O) groups is 1. The molecule has 1 aliphatic heterocycles. The van der Waals surface area contributed by atoms with Gasteiger partial charge in [-0.05, 0) is 38.7 Å². The van der Waals surface area contributed by atoms with Gasteiger partial charge >= 0.3 is 0 Å². The Morgan fingerprint density at radius 3 is 3.06 bits per heavy atom. The second-order valence-corrected chi connectivity index (χ2v) is 4.93. The minimum atomic E-state index is 0.0376. The van der Waals surface area contributed by atoms with Crippen LogP contribution in [-0.4, -0.2) is 45.4 Å². The number of hydrogen-bond acceptors (Lipinski definition) is 3. The Balaban J connectivity index is 2.14. The molecule has 1 N–H and O–H groups in total. The van der Waals surface area contributed by atoms with Crippen LogP contribution in [0.1, 0.15) is 35.9 Å². The Bertz CT molecular complexity index is 428. The fraction of sp³-hybridized carbons (Fsp3) is 0.692. The van der Waals surface area contributed by atoms with Crippen molar-refractivity contribution in [3.8, 4) is 0 Å². The van der Waals surface area contributed by atoms with Crippen molar-refractivity contribution in [2.75, 3.05) is 19.7 Å². The highest BCUT2D eigenvalue weighted by Crippen LogP contribution is 2.18. The maximum absolute atomic E-state index is 12.4. The smallest absolute Gasteiger partial charge is 0.272 e. The quantitative estimate of drug-likeness (QED) is 0.873. The van der Waals surface area contributed by atoms with E-state index in [4.69, 9.17) is 0 Å². The van der Waals surface area contributed by atoms with Gasteiger partial charge in [-0.15, -0.1) is 0 Å². The standard InChI is InChI=1S/C13H21N3O2/c1-3-16-12(7-10(2)14-16)13(18)15-6-4-5-11(8-15)9-17/h7,11,17H,3-6,8-9H2,1-2H3. The van der Waals surface area contributed by atoms with E-state index >= 15 is 0 Å². The average molecular weight is 251 g/mol. The summed E-state index contributed by atoms with van der Waals surface area (Å²) in [5.74, 6) is 0.261. The van der Waals surface area contributed by atoms with Crippen molar-refractivity contribution >= 4 is 5.91 Å². The summed E-state index contributed by atoms with van der Waals surface area (Å²) in [4.78, 5) is 14.3. The molecule has 1 aliphatic rings. The van der Waals surface area contributed by atoms with Gasteiger partial charge in [-0.25, -0.2) is 0 Å². The van der Waals surface area contributed by atoms with Gasteiger partial charge in [0.1, 0.15) is 5.69 Å². The molecule has 100 valence electrons. The fourth-order valence-electron chi connectivity index (χ4n) is 2.52. The van der Waals surface area contributed by atoms with E-state index in [9.17, 15) is 9.90 Å². The molecule has 1 aromatic heterocycles. The number of piperidine rings is 1. The summed E-state index contributed by atoms with van der Waals surface area (Å²) in [6, 6.07) is 1.84. The second-order valence-electron chi connectivity index (χ2n) is 4.93. The molecule has 0 aliphatic carbocycles. The third-order valence-electron chi connectivity index (χ3n) is 3.49. The first-order valence-corrected chi connectivity index (χ1v) is 6.60. The van der Waals surface area contributed by atoms with E-state index in [1.54, 1.807) is 4.68 Å². The monoisotopic (exact) mass is 251 g/mol. The van der Waals surface area contributed by atoms with Crippen molar-refractivity contribution < 1.29 is 9.90 Å². The number of aromatic nitrogens is 2. The van der Waals surface area contributed by atoms with Crippen molar-refractivity contribution in [3.05, 3.63) is 17.5 Å². The Morgan fingerprint density at radius 2 is 2.39 bits per heavy atom. The summed E-state index contributed by atoms with van der Waals surface area (Å²) in [5.41, 5.74) is 1.53. The highest BCUT2D eigenvalue weighted by atomic mass is 16.3. The van der Waals surface area contributed by atoms with Crippen LogP contribution in [-0.2, 0) is 6.54 Å². The summed E-state index contributed by atoms with van der Waals surface area (Å²) in [5, 5.41) is 13.5. The van der Waals surface area contributed by atoms with Gasteiger partial charge in [0, 0.05) is 26.2 Å². The first kappa shape index (κ1) is 13.1. The molecule has 0 aromatic carbocycles. The molecule has 0 spiro atoms. The van der Waals surface area contributed by atoms with E-state index in [-0.39, 0.29) is 18.4 Å². The van der Waals surface area contributed by atoms with Crippen molar-refractivity contribution in [3.63, 3.8) is 0 Å². The Morgan fingerprint density at radius 1 is 1.61 bits per heavy atom. The largest absolute Gasteiger partial charge is 0.396 e. The Kier molecular flexibility index (Phi) is 4.01. The first-order valence-electron chi connectivity index (χ1n) is 6.60. The molecule has 0 bridgehead atoms. The number of amides is 1. The molecule has 5 nitrogen and oxygen atoms in total. The van der Waals surface area contributed by atoms with Gasteiger partial charge in [0.15, 0.2) is 0 Å². The third-order valence-corrected chi connectivity index (χ3v) is 3.49. The molecule has 1 aromatic rings. The zero-order chi connectivity index (χ0) is 13.1. The molecule has 0 saturated carbocycles. The highest BCUT2D eigenvalue weighted by Gasteiger charge is 2.26. The number of likely N-dealkylation sites (tertiary alicyclic amines) is 1. The van der Waals surface area contributed by atoms with Gasteiger partial charge in [0.2, 0.25) is 0 Å². The topological polar surface area (TPSA) is 58.4 Å². The average Bonchev–Trinajstić information content (AvgIpc) is 2.79. The van der Waals surface area contributed by atoms with E-state index in [2.05, 4.69) is 5.10 Å². The van der Waals surface area contributed by atoms with Gasteiger partial charge in [0.25, 0.3) is 5.91 Å². The molecular formula is C13H21N3O2. The van der Waals surface area contributed by atoms with E-state index in [1.165, 1.54) is 0 Å². The molecule has 1 saturated heterocycles. The SMILES string of the molecule is CCn1nc(C)cc1C(=O)N1CCCC(CO)C1. The molecule has 5 heteroatoms. The van der Waals surface area contributed by atoms with Crippen LogP contribution in [0.4, 0.5) is 0 Å². The van der Waals surface area contributed by atoms with Gasteiger partial charge in [-0.3, -0.25) is 9.48 Å². The van der Waals surface area contributed by atoms with E-state index in [0.717, 1.165) is 25.1 Å². The van der Waals surface area contributed by atoms with Crippen molar-refractivity contribution in [1.82, 2.24) is 14.7 Å². The Labute approximate surface area is 107 Å². The number of aliphatic hydroxyl groups is 1. The molecule has 18 heavy (non-hydrogen) atoms. The van der Waals surface area contributed by atoms with E-state index in [0.29, 0.717) is 18.8 Å². The van der Waals surface area contributed by atoms with E-state index in [1.807, 2.05) is 24.8 Å². The van der Waals surface area contributed by atoms with E-state index < -0.39 is 0 Å². The molecule has 0 radical (unpaired) electrons. The van der Waals surface area contributed by atoms with Crippen molar-refractivity contribution in [2.24, 2.45) is 5.92 Å². The second kappa shape index (κ2) is 5.52. The Hall–Kier alpha value is -1.36. The van der Waals surface area contributed by atoms with Crippen LogP contribution in [0.15, 0.2) is 6.07 Å². The lowest BCUT2D eigenvalue weighted by Gasteiger charge is -2.31. The molecule has 2 heterocycles. The lowest BCUT2D eigenvalue weighted by atomic mass is 9.99. The lowest BCUT2D eigenvalue weighted by molar-refractivity contribution is 0.0609. The molecular weight excluding hydrogens is 230 g/mol. The summed E-state index contributed by atoms with van der Waals surface area (Å²) in [7, 11) is 0. The van der Waals surface area contributed by atoms with Crippen LogP contribution in [0, 0.1) is 12.8 Å². The maximum atomic E-state index is 12.4. The first-order chi connectivity index (χ1) is 8.65. The minimum absolute atomic E-state index is 0.0376. The third kappa shape index (κ3) is 2.56. The van der Waals surface area contributed by atoms with Crippen LogP contribution in [0.5, 0.6) is 0 Å². The number of aliphatic hydroxyl groups excluding tert-OH is 1. The van der Waals surface area contributed by atoms with Crippen LogP contribution in [0.2, 0.25) is 0 Å². The highest BCUT2D eigenvalue weighted by molar-refractivity contribution is 5.92. The predicted octanol–water partition coefficient (Wildman–Crippen LogP) is 1.06. The van der Waals surface area contributed by atoms with Crippen LogP contribution >= 0.6 is 0 Å². The molecule has 1 amide bonds. The number of aryl methyl sites for hydroxylation is 2. The fourth-order valence-corrected chi connectivity index (χ4v) is 2.52. The van der Waals surface area contributed by atoms with Crippen LogP contribution in [0.25, 0.3) is 0 Å². The van der Waals surface area contributed by atoms with Gasteiger partial charge in [-0.2, -0.15) is 5.10 Å². The normalized spacial score (nSPS) is 20.2. The van der Waals surface area contributed by atoms with Gasteiger partial charge < -0.3 is 10.0 Å². The summed E-state index contributed by atoms with van der Waals surface area (Å²) in [6.07, 6.45) is 1.97. The lowest BCUT2D eigenvalue weighted by Crippen LogP contribution is -2.41. The number of rotatable bonds is 3. The summed E-state index contributed by atoms with van der Waals surface area (Å²) >= 11 is 0. The van der Waals surface area contributed by atoms with Gasteiger partial charge in [-0.1, -0.05) is 0 Å². The molecule has 1 unspecified atom stereocenters. The molecule has 2 rings (SSSR count). The summed E-state index contributed by atoms with van der Waals surface area (Å²) < 4.78 is 1.75. The number of carbonyl (C=O) groups excluding carboxylic acids is 1.